The summed E-state index contributed by atoms with van der Waals surface area (Å²) >= 11 is 0. The molecule has 4 heterocycles. The number of halogens is 2. The molecule has 0 saturated carbocycles. The van der Waals surface area contributed by atoms with Crippen LogP contribution in [0.1, 0.15) is 30.1 Å². The number of nitrogens with zero attached hydrogens (tertiary/aromatic N) is 2. The molecule has 0 spiro atoms. The van der Waals surface area contributed by atoms with E-state index in [1.165, 1.54) is 12.1 Å². The second-order valence-electron chi connectivity index (χ2n) is 9.50. The Balaban J connectivity index is 1.57. The average molecular weight is 452 g/mol. The molecule has 3 aromatic rings. The maximum absolute atomic E-state index is 14.7. The molecule has 4 nitrogen and oxygen atoms in total. The Bertz CT molecular complexity index is 1200. The molecule has 0 radical (unpaired) electrons. The molecule has 0 amide bonds. The molecule has 6 rings (SSSR count). The number of ether oxygens (including phenoxy) is 1. The zero-order chi connectivity index (χ0) is 23.2. The first kappa shape index (κ1) is 22.0. The molecule has 2 bridgehead atoms. The number of benzene rings is 2. The number of methoxy groups -OCH3 is 1. The first-order chi connectivity index (χ1) is 15.9. The van der Waals surface area contributed by atoms with Crippen molar-refractivity contribution in [3.05, 3.63) is 84.1 Å². The van der Waals surface area contributed by atoms with Crippen molar-refractivity contribution >= 4 is 10.9 Å². The lowest BCUT2D eigenvalue weighted by atomic mass is 9.71. The molecule has 3 saturated heterocycles. The Labute approximate surface area is 192 Å². The van der Waals surface area contributed by atoms with Crippen LogP contribution in [0.3, 0.4) is 0 Å². The zero-order valence-corrected chi connectivity index (χ0v) is 18.8. The van der Waals surface area contributed by atoms with Gasteiger partial charge in [-0.05, 0) is 47.9 Å². The minimum atomic E-state index is -0.750. The monoisotopic (exact) mass is 451 g/mol. The summed E-state index contributed by atoms with van der Waals surface area (Å²) in [7, 11) is 1.62. The quantitative estimate of drug-likeness (QED) is 0.416. The van der Waals surface area contributed by atoms with Gasteiger partial charge in [-0.25, -0.2) is 8.78 Å². The van der Waals surface area contributed by atoms with E-state index in [0.717, 1.165) is 48.5 Å². The van der Waals surface area contributed by atoms with E-state index in [2.05, 4.69) is 11.6 Å². The Morgan fingerprint density at radius 1 is 1.24 bits per heavy atom. The minimum Gasteiger partial charge on any atom is -0.497 e. The molecule has 1 N–H and O–H groups in total. The van der Waals surface area contributed by atoms with Gasteiger partial charge in [0.15, 0.2) is 0 Å². The molecule has 6 heteroatoms. The maximum atomic E-state index is 14.7. The second kappa shape index (κ2) is 8.50. The molecule has 4 unspecified atom stereocenters. The highest BCUT2D eigenvalue weighted by Gasteiger charge is 2.54. The number of hydrogen-bond acceptors (Lipinski definition) is 3. The number of rotatable bonds is 6. The predicted octanol–water partition coefficient (Wildman–Crippen LogP) is 5.17. The Hall–Kier alpha value is -2.83. The number of aliphatic hydroxyl groups is 1. The molecule has 3 aliphatic rings. The maximum Gasteiger partial charge on any atom is 0.134 e. The van der Waals surface area contributed by atoms with Crippen molar-refractivity contribution < 1.29 is 23.1 Å². The van der Waals surface area contributed by atoms with Gasteiger partial charge in [-0.1, -0.05) is 6.08 Å². The van der Waals surface area contributed by atoms with Crippen molar-refractivity contribution in [1.82, 2.24) is 4.98 Å². The van der Waals surface area contributed by atoms with E-state index in [0.29, 0.717) is 34.2 Å². The molecule has 1 aromatic heterocycles. The lowest BCUT2D eigenvalue weighted by Crippen LogP contribution is -2.67. The third-order valence-electron chi connectivity index (χ3n) is 7.84. The third kappa shape index (κ3) is 3.81. The molecule has 3 fully saturated rings. The van der Waals surface area contributed by atoms with Crippen molar-refractivity contribution in [2.45, 2.75) is 31.5 Å². The van der Waals surface area contributed by atoms with E-state index in [9.17, 15) is 13.9 Å². The molecular weight excluding hydrogens is 422 g/mol. The van der Waals surface area contributed by atoms with Crippen LogP contribution in [-0.4, -0.2) is 40.8 Å². The van der Waals surface area contributed by atoms with Gasteiger partial charge in [0, 0.05) is 42.0 Å². The number of aromatic nitrogens is 1. The summed E-state index contributed by atoms with van der Waals surface area (Å²) < 4.78 is 34.2. The summed E-state index contributed by atoms with van der Waals surface area (Å²) in [5, 5.41) is 12.6. The van der Waals surface area contributed by atoms with Crippen molar-refractivity contribution in [3.63, 3.8) is 0 Å². The van der Waals surface area contributed by atoms with Crippen LogP contribution < -0.4 is 4.74 Å². The minimum absolute atomic E-state index is 0.110. The first-order valence-electron chi connectivity index (χ1n) is 11.5. The van der Waals surface area contributed by atoms with E-state index < -0.39 is 17.7 Å². The van der Waals surface area contributed by atoms with Gasteiger partial charge in [0.1, 0.15) is 36.1 Å². The fourth-order valence-electron chi connectivity index (χ4n) is 6.11. The molecule has 33 heavy (non-hydrogen) atoms. The number of aliphatic hydroxyl groups excluding tert-OH is 1. The summed E-state index contributed by atoms with van der Waals surface area (Å²) in [6.45, 7) is 6.09. The van der Waals surface area contributed by atoms with Gasteiger partial charge in [-0.15, -0.1) is 6.58 Å². The molecule has 3 aliphatic heterocycles. The average Bonchev–Trinajstić information content (AvgIpc) is 2.84. The van der Waals surface area contributed by atoms with Gasteiger partial charge < -0.3 is 14.3 Å². The highest BCUT2D eigenvalue weighted by Crippen LogP contribution is 2.48. The summed E-state index contributed by atoms with van der Waals surface area (Å²) in [5.74, 6) is 0.366. The van der Waals surface area contributed by atoms with Crippen LogP contribution in [0.5, 0.6) is 5.75 Å². The Morgan fingerprint density at radius 3 is 2.85 bits per heavy atom. The fraction of sp³-hybridized carbons (Fsp3) is 0.370. The lowest BCUT2D eigenvalue weighted by molar-refractivity contribution is -0.985. The summed E-state index contributed by atoms with van der Waals surface area (Å²) in [6.07, 6.45) is 4.81. The zero-order valence-electron chi connectivity index (χ0n) is 18.8. The Morgan fingerprint density at radius 2 is 2.09 bits per heavy atom. The van der Waals surface area contributed by atoms with Crippen molar-refractivity contribution in [3.8, 4) is 5.75 Å². The predicted molar refractivity (Wildman–Crippen MR) is 124 cm³/mol. The lowest BCUT2D eigenvalue weighted by Gasteiger charge is -2.58. The van der Waals surface area contributed by atoms with Crippen LogP contribution in [0, 0.1) is 23.5 Å². The van der Waals surface area contributed by atoms with Crippen molar-refractivity contribution in [2.24, 2.45) is 11.8 Å². The second-order valence-corrected chi connectivity index (χ2v) is 9.50. The van der Waals surface area contributed by atoms with Gasteiger partial charge in [0.25, 0.3) is 0 Å². The van der Waals surface area contributed by atoms with Gasteiger partial charge in [-0.2, -0.15) is 0 Å². The molecular formula is C27H29F2N2O2+. The topological polar surface area (TPSA) is 42.4 Å². The number of pyridine rings is 1. The van der Waals surface area contributed by atoms with Gasteiger partial charge in [0.2, 0.25) is 0 Å². The van der Waals surface area contributed by atoms with E-state index in [1.54, 1.807) is 13.3 Å². The van der Waals surface area contributed by atoms with E-state index in [-0.39, 0.29) is 6.04 Å². The summed E-state index contributed by atoms with van der Waals surface area (Å²) in [6, 6.07) is 11.2. The van der Waals surface area contributed by atoms with Crippen LogP contribution in [0.15, 0.2) is 61.3 Å². The summed E-state index contributed by atoms with van der Waals surface area (Å²) in [5.41, 5.74) is 2.09. The molecule has 5 atom stereocenters. The fourth-order valence-corrected chi connectivity index (χ4v) is 6.11. The van der Waals surface area contributed by atoms with E-state index in [1.807, 2.05) is 30.3 Å². The number of piperidine rings is 3. The third-order valence-corrected chi connectivity index (χ3v) is 7.84. The summed E-state index contributed by atoms with van der Waals surface area (Å²) in [4.78, 5) is 4.45. The SMILES string of the molecule is C=CC1C[N+]2(Cc3ccc(F)cc3F)CCC1CC2[C@H](O)c1ccnc2ccc(OC)cc12. The molecule has 172 valence electrons. The van der Waals surface area contributed by atoms with E-state index >= 15 is 0 Å². The standard InChI is InChI=1S/C27H29F2N2O2/c1-3-17-15-31(16-19-4-5-20(28)13-24(19)29)11-9-18(17)12-26(31)27(32)22-8-10-30-25-7-6-21(33-2)14-23(22)25/h3-8,10,13-14,17-18,26-27,32H,1,9,11-12,15-16H2,2H3/q+1/t17?,18?,26?,27-,31?/m1/s1. The van der Waals surface area contributed by atoms with Crippen LogP contribution >= 0.6 is 0 Å². The molecule has 2 aromatic carbocycles. The highest BCUT2D eigenvalue weighted by molar-refractivity contribution is 5.83. The number of quaternary nitrogens is 1. The number of hydrogen-bond donors (Lipinski definition) is 1. The highest BCUT2D eigenvalue weighted by atomic mass is 19.1. The molecule has 0 aliphatic carbocycles. The largest absolute Gasteiger partial charge is 0.497 e. The van der Waals surface area contributed by atoms with Crippen molar-refractivity contribution in [1.29, 1.82) is 0 Å². The van der Waals surface area contributed by atoms with Crippen LogP contribution in [0.4, 0.5) is 8.78 Å². The first-order valence-corrected chi connectivity index (χ1v) is 11.5. The van der Waals surface area contributed by atoms with Gasteiger partial charge in [-0.3, -0.25) is 4.98 Å². The number of fused-ring (bicyclic) bond motifs is 4. The Kier molecular flexibility index (Phi) is 5.67. The smallest absolute Gasteiger partial charge is 0.134 e. The van der Waals surface area contributed by atoms with Crippen LogP contribution in [-0.2, 0) is 6.54 Å². The van der Waals surface area contributed by atoms with Crippen LogP contribution in [0.25, 0.3) is 10.9 Å². The van der Waals surface area contributed by atoms with Gasteiger partial charge in [0.05, 0.1) is 25.7 Å². The van der Waals surface area contributed by atoms with E-state index in [4.69, 9.17) is 4.74 Å². The van der Waals surface area contributed by atoms with Crippen molar-refractivity contribution in [2.75, 3.05) is 20.2 Å². The normalized spacial score (nSPS) is 27.5. The van der Waals surface area contributed by atoms with Crippen LogP contribution in [0.2, 0.25) is 0 Å². The van der Waals surface area contributed by atoms with Gasteiger partial charge >= 0.3 is 0 Å².